The molecule has 1 fully saturated rings. The van der Waals surface area contributed by atoms with Crippen molar-refractivity contribution in [3.63, 3.8) is 0 Å². The van der Waals surface area contributed by atoms with Crippen LogP contribution in [0.1, 0.15) is 42.5 Å². The van der Waals surface area contributed by atoms with Crippen LogP contribution in [0.2, 0.25) is 0 Å². The Kier molecular flexibility index (Phi) is 4.62. The van der Waals surface area contributed by atoms with Gasteiger partial charge in [0.2, 0.25) is 0 Å². The highest BCUT2D eigenvalue weighted by atomic mass is 16.5. The summed E-state index contributed by atoms with van der Waals surface area (Å²) in [4.78, 5) is 12.0. The molecule has 0 amide bonds. The van der Waals surface area contributed by atoms with Gasteiger partial charge in [-0.25, -0.2) is 4.79 Å². The number of ether oxygens (including phenoxy) is 1. The highest BCUT2D eigenvalue weighted by Gasteiger charge is 2.17. The van der Waals surface area contributed by atoms with Gasteiger partial charge in [-0.15, -0.1) is 0 Å². The molecule has 0 radical (unpaired) electrons. The molecular formula is C15H21NO2. The number of rotatable bonds is 4. The molecule has 1 aromatic rings. The molecule has 0 atom stereocenters. The highest BCUT2D eigenvalue weighted by Crippen LogP contribution is 2.24. The Bertz CT molecular complexity index is 397. The summed E-state index contributed by atoms with van der Waals surface area (Å²) in [6, 6.07) is 7.45. The van der Waals surface area contributed by atoms with Gasteiger partial charge in [-0.2, -0.15) is 0 Å². The number of anilines is 1. The van der Waals surface area contributed by atoms with Gasteiger partial charge in [-0.05, 0) is 30.9 Å². The monoisotopic (exact) mass is 247 g/mol. The highest BCUT2D eigenvalue weighted by molar-refractivity contribution is 5.95. The first-order chi connectivity index (χ1) is 8.81. The lowest BCUT2D eigenvalue weighted by Gasteiger charge is -2.21. The molecule has 0 aliphatic heterocycles. The molecule has 1 saturated carbocycles. The molecule has 98 valence electrons. The lowest BCUT2D eigenvalue weighted by atomic mass is 9.90. The van der Waals surface area contributed by atoms with Crippen LogP contribution in [0.3, 0.4) is 0 Å². The van der Waals surface area contributed by atoms with Crippen molar-refractivity contribution in [1.82, 2.24) is 0 Å². The van der Waals surface area contributed by atoms with Crippen molar-refractivity contribution in [2.24, 2.45) is 5.92 Å². The molecule has 1 aromatic carbocycles. The standard InChI is InChI=1S/C15H21NO2/c1-16-14-10-6-5-9-13(14)15(17)18-11-12-7-3-2-4-8-12/h5-6,9-10,12,16H,2-4,7-8,11H2,1H3. The second-order valence-corrected chi connectivity index (χ2v) is 4.90. The number of carbonyl (C=O) groups excluding carboxylic acids is 1. The van der Waals surface area contributed by atoms with Gasteiger partial charge in [0, 0.05) is 12.7 Å². The molecule has 1 N–H and O–H groups in total. The van der Waals surface area contributed by atoms with E-state index in [4.69, 9.17) is 4.74 Å². The fourth-order valence-electron chi connectivity index (χ4n) is 2.50. The summed E-state index contributed by atoms with van der Waals surface area (Å²) < 4.78 is 5.43. The third-order valence-electron chi connectivity index (χ3n) is 3.59. The lowest BCUT2D eigenvalue weighted by molar-refractivity contribution is 0.0411. The summed E-state index contributed by atoms with van der Waals surface area (Å²) in [5.41, 5.74) is 1.45. The minimum absolute atomic E-state index is 0.217. The summed E-state index contributed by atoms with van der Waals surface area (Å²) in [5, 5.41) is 3.01. The molecule has 0 saturated heterocycles. The molecule has 1 aliphatic rings. The largest absolute Gasteiger partial charge is 0.462 e. The normalized spacial score (nSPS) is 16.3. The maximum Gasteiger partial charge on any atom is 0.340 e. The van der Waals surface area contributed by atoms with E-state index in [1.807, 2.05) is 25.2 Å². The Balaban J connectivity index is 1.90. The van der Waals surface area contributed by atoms with Gasteiger partial charge >= 0.3 is 5.97 Å². The molecule has 0 unspecified atom stereocenters. The van der Waals surface area contributed by atoms with Gasteiger partial charge in [-0.1, -0.05) is 31.4 Å². The van der Waals surface area contributed by atoms with Crippen molar-refractivity contribution in [2.75, 3.05) is 19.0 Å². The molecule has 0 aromatic heterocycles. The SMILES string of the molecule is CNc1ccccc1C(=O)OCC1CCCCC1. The molecule has 3 heteroatoms. The molecule has 0 bridgehead atoms. The number of hydrogen-bond donors (Lipinski definition) is 1. The zero-order chi connectivity index (χ0) is 12.8. The number of benzene rings is 1. The van der Waals surface area contributed by atoms with Gasteiger partial charge in [0.15, 0.2) is 0 Å². The Morgan fingerprint density at radius 1 is 1.28 bits per heavy atom. The van der Waals surface area contributed by atoms with Crippen LogP contribution in [-0.2, 0) is 4.74 Å². The van der Waals surface area contributed by atoms with E-state index >= 15 is 0 Å². The number of esters is 1. The van der Waals surface area contributed by atoms with Crippen LogP contribution in [0.15, 0.2) is 24.3 Å². The predicted octanol–water partition coefficient (Wildman–Crippen LogP) is 3.47. The summed E-state index contributed by atoms with van der Waals surface area (Å²) >= 11 is 0. The first kappa shape index (κ1) is 12.9. The van der Waals surface area contributed by atoms with E-state index in [1.165, 1.54) is 32.1 Å². The minimum Gasteiger partial charge on any atom is -0.462 e. The second-order valence-electron chi connectivity index (χ2n) is 4.90. The van der Waals surface area contributed by atoms with Crippen LogP contribution in [0.4, 0.5) is 5.69 Å². The Labute approximate surface area is 109 Å². The molecule has 0 heterocycles. The van der Waals surface area contributed by atoms with Crippen molar-refractivity contribution < 1.29 is 9.53 Å². The summed E-state index contributed by atoms with van der Waals surface area (Å²) in [6.45, 7) is 0.566. The first-order valence-corrected chi connectivity index (χ1v) is 6.75. The van der Waals surface area contributed by atoms with E-state index in [0.717, 1.165) is 5.69 Å². The predicted molar refractivity (Wildman–Crippen MR) is 72.8 cm³/mol. The van der Waals surface area contributed by atoms with E-state index in [9.17, 15) is 4.79 Å². The third kappa shape index (κ3) is 3.25. The first-order valence-electron chi connectivity index (χ1n) is 6.75. The molecule has 0 spiro atoms. The second kappa shape index (κ2) is 6.43. The molecular weight excluding hydrogens is 226 g/mol. The number of carbonyl (C=O) groups is 1. The Morgan fingerprint density at radius 3 is 2.72 bits per heavy atom. The molecule has 18 heavy (non-hydrogen) atoms. The van der Waals surface area contributed by atoms with Gasteiger partial charge in [0.25, 0.3) is 0 Å². The van der Waals surface area contributed by atoms with Crippen LogP contribution in [0.5, 0.6) is 0 Å². The molecule has 1 aliphatic carbocycles. The van der Waals surface area contributed by atoms with Gasteiger partial charge in [0.1, 0.15) is 0 Å². The zero-order valence-corrected chi connectivity index (χ0v) is 10.9. The van der Waals surface area contributed by atoms with Crippen molar-refractivity contribution in [3.05, 3.63) is 29.8 Å². The van der Waals surface area contributed by atoms with E-state index in [0.29, 0.717) is 18.1 Å². The van der Waals surface area contributed by atoms with E-state index in [-0.39, 0.29) is 5.97 Å². The number of nitrogens with one attached hydrogen (secondary N) is 1. The van der Waals surface area contributed by atoms with E-state index in [2.05, 4.69) is 5.32 Å². The minimum atomic E-state index is -0.217. The topological polar surface area (TPSA) is 38.3 Å². The third-order valence-corrected chi connectivity index (χ3v) is 3.59. The van der Waals surface area contributed by atoms with E-state index in [1.54, 1.807) is 6.07 Å². The average Bonchev–Trinajstić information content (AvgIpc) is 2.45. The average molecular weight is 247 g/mol. The Morgan fingerprint density at radius 2 is 2.00 bits per heavy atom. The van der Waals surface area contributed by atoms with Crippen molar-refractivity contribution in [1.29, 1.82) is 0 Å². The van der Waals surface area contributed by atoms with Gasteiger partial charge in [-0.3, -0.25) is 0 Å². The van der Waals surface area contributed by atoms with Gasteiger partial charge in [0.05, 0.1) is 12.2 Å². The Hall–Kier alpha value is -1.51. The lowest BCUT2D eigenvalue weighted by Crippen LogP contribution is -2.17. The van der Waals surface area contributed by atoms with Crippen LogP contribution in [0, 0.1) is 5.92 Å². The van der Waals surface area contributed by atoms with Crippen molar-refractivity contribution in [2.45, 2.75) is 32.1 Å². The maximum absolute atomic E-state index is 12.0. The fourth-order valence-corrected chi connectivity index (χ4v) is 2.50. The van der Waals surface area contributed by atoms with E-state index < -0.39 is 0 Å². The zero-order valence-electron chi connectivity index (χ0n) is 10.9. The van der Waals surface area contributed by atoms with Crippen LogP contribution < -0.4 is 5.32 Å². The number of hydrogen-bond acceptors (Lipinski definition) is 3. The maximum atomic E-state index is 12.0. The molecule has 3 nitrogen and oxygen atoms in total. The summed E-state index contributed by atoms with van der Waals surface area (Å²) in [6.07, 6.45) is 6.26. The van der Waals surface area contributed by atoms with Crippen molar-refractivity contribution in [3.8, 4) is 0 Å². The van der Waals surface area contributed by atoms with Gasteiger partial charge < -0.3 is 10.1 Å². The number of para-hydroxylation sites is 1. The quantitative estimate of drug-likeness (QED) is 0.828. The fraction of sp³-hybridized carbons (Fsp3) is 0.533. The summed E-state index contributed by atoms with van der Waals surface area (Å²) in [5.74, 6) is 0.343. The van der Waals surface area contributed by atoms with Crippen molar-refractivity contribution >= 4 is 11.7 Å². The van der Waals surface area contributed by atoms with Crippen LogP contribution in [0.25, 0.3) is 0 Å². The summed E-state index contributed by atoms with van der Waals surface area (Å²) in [7, 11) is 1.81. The van der Waals surface area contributed by atoms with Crippen LogP contribution >= 0.6 is 0 Å². The molecule has 2 rings (SSSR count). The van der Waals surface area contributed by atoms with Crippen LogP contribution in [-0.4, -0.2) is 19.6 Å². The smallest absolute Gasteiger partial charge is 0.340 e.